The van der Waals surface area contributed by atoms with E-state index >= 15 is 0 Å². The van der Waals surface area contributed by atoms with Gasteiger partial charge < -0.3 is 15.3 Å². The van der Waals surface area contributed by atoms with Crippen LogP contribution in [0.5, 0.6) is 0 Å². The maximum Gasteiger partial charge on any atom is 0.323 e. The number of nitrogens with zero attached hydrogens (tertiary/aromatic N) is 1. The molecule has 0 unspecified atom stereocenters. The van der Waals surface area contributed by atoms with Crippen molar-refractivity contribution in [2.45, 2.75) is 18.9 Å². The topological polar surface area (TPSA) is 105 Å². The zero-order valence-corrected chi connectivity index (χ0v) is 11.6. The Kier molecular flexibility index (Phi) is 9.06. The van der Waals surface area contributed by atoms with Crippen LogP contribution in [0.4, 0.5) is 0 Å². The van der Waals surface area contributed by atoms with Crippen LogP contribution in [0.15, 0.2) is 30.3 Å². The molecule has 0 aliphatic carbocycles. The summed E-state index contributed by atoms with van der Waals surface area (Å²) in [5, 5.41) is 8.98. The molecule has 20 heavy (non-hydrogen) atoms. The molecule has 0 saturated carbocycles. The van der Waals surface area contributed by atoms with Crippen molar-refractivity contribution in [3.05, 3.63) is 46.0 Å². The van der Waals surface area contributed by atoms with Gasteiger partial charge in [0, 0.05) is 6.42 Å². The average Bonchev–Trinajstić information content (AvgIpc) is 2.38. The highest BCUT2D eigenvalue weighted by molar-refractivity contribution is 5.85. The molecule has 0 fully saturated rings. The summed E-state index contributed by atoms with van der Waals surface area (Å²) in [5.74, 6) is -0.523. The Labute approximate surface area is 122 Å². The summed E-state index contributed by atoms with van der Waals surface area (Å²) in [6, 6.07) is 8.61. The van der Waals surface area contributed by atoms with E-state index in [4.69, 9.17) is 10.5 Å². The zero-order valence-electron chi connectivity index (χ0n) is 10.8. The van der Waals surface area contributed by atoms with Crippen molar-refractivity contribution in [2.75, 3.05) is 13.2 Å². The van der Waals surface area contributed by atoms with Crippen molar-refractivity contribution in [1.29, 1.82) is 0 Å². The standard InChI is InChI=1S/C12H16N2O5.ClH/c13-11(9-10-5-2-1-3-6-10)12(15)18-7-4-8-19-14(16)17;/h1-3,5-6,11H,4,7-9,13H2;1H/t11-;/m0./s1. The Morgan fingerprint density at radius 2 is 1.95 bits per heavy atom. The molecule has 0 aliphatic heterocycles. The first kappa shape index (κ1) is 18.1. The van der Waals surface area contributed by atoms with Gasteiger partial charge in [-0.05, 0) is 12.0 Å². The first-order valence-corrected chi connectivity index (χ1v) is 5.83. The summed E-state index contributed by atoms with van der Waals surface area (Å²) < 4.78 is 4.89. The minimum absolute atomic E-state index is 0. The number of halogens is 1. The third-order valence-electron chi connectivity index (χ3n) is 2.33. The Bertz CT molecular complexity index is 416. The molecule has 0 aliphatic rings. The quantitative estimate of drug-likeness (QED) is 0.334. The molecule has 0 aromatic heterocycles. The second-order valence-electron chi connectivity index (χ2n) is 3.87. The normalized spacial score (nSPS) is 11.1. The Morgan fingerprint density at radius 3 is 2.55 bits per heavy atom. The van der Waals surface area contributed by atoms with Gasteiger partial charge in [-0.15, -0.1) is 22.5 Å². The van der Waals surface area contributed by atoms with Crippen molar-refractivity contribution < 1.29 is 19.5 Å². The molecule has 1 rings (SSSR count). The molecule has 8 heteroatoms. The lowest BCUT2D eigenvalue weighted by atomic mass is 10.1. The highest BCUT2D eigenvalue weighted by atomic mass is 35.5. The van der Waals surface area contributed by atoms with E-state index < -0.39 is 17.1 Å². The van der Waals surface area contributed by atoms with Gasteiger partial charge in [0.15, 0.2) is 0 Å². The van der Waals surface area contributed by atoms with E-state index in [9.17, 15) is 14.9 Å². The van der Waals surface area contributed by atoms with E-state index in [2.05, 4.69) is 4.84 Å². The minimum atomic E-state index is -0.886. The van der Waals surface area contributed by atoms with Crippen molar-refractivity contribution in [3.63, 3.8) is 0 Å². The molecular weight excluding hydrogens is 288 g/mol. The van der Waals surface area contributed by atoms with Crippen LogP contribution in [0.25, 0.3) is 0 Å². The van der Waals surface area contributed by atoms with Crippen LogP contribution < -0.4 is 5.73 Å². The molecule has 2 N–H and O–H groups in total. The predicted octanol–water partition coefficient (Wildman–Crippen LogP) is 1.12. The number of ether oxygens (including phenoxy) is 1. The van der Waals surface area contributed by atoms with E-state index in [1.54, 1.807) is 0 Å². The lowest BCUT2D eigenvalue weighted by Crippen LogP contribution is -2.34. The van der Waals surface area contributed by atoms with Crippen LogP contribution in [0.3, 0.4) is 0 Å². The maximum atomic E-state index is 11.5. The van der Waals surface area contributed by atoms with Crippen molar-refractivity contribution in [2.24, 2.45) is 5.73 Å². The number of carbonyl (C=O) groups excluding carboxylic acids is 1. The van der Waals surface area contributed by atoms with Gasteiger partial charge in [0.25, 0.3) is 5.09 Å². The second-order valence-corrected chi connectivity index (χ2v) is 3.87. The SMILES string of the molecule is Cl.N[C@@H](Cc1ccccc1)C(=O)OCCCO[N+](=O)[O-]. The highest BCUT2D eigenvalue weighted by Crippen LogP contribution is 2.03. The van der Waals surface area contributed by atoms with Gasteiger partial charge in [0.05, 0.1) is 13.2 Å². The number of esters is 1. The van der Waals surface area contributed by atoms with Gasteiger partial charge in [0.1, 0.15) is 6.04 Å². The summed E-state index contributed by atoms with van der Waals surface area (Å²) >= 11 is 0. The Morgan fingerprint density at radius 1 is 1.30 bits per heavy atom. The number of benzene rings is 1. The van der Waals surface area contributed by atoms with E-state index in [1.165, 1.54) is 0 Å². The molecule has 1 atom stereocenters. The largest absolute Gasteiger partial charge is 0.464 e. The summed E-state index contributed by atoms with van der Waals surface area (Å²) in [5.41, 5.74) is 6.65. The Balaban J connectivity index is 0.00000361. The molecule has 0 saturated heterocycles. The summed E-state index contributed by atoms with van der Waals surface area (Å²) in [6.45, 7) is -0.0522. The van der Waals surface area contributed by atoms with E-state index in [0.29, 0.717) is 6.42 Å². The maximum absolute atomic E-state index is 11.5. The minimum Gasteiger partial charge on any atom is -0.464 e. The van der Waals surface area contributed by atoms with Gasteiger partial charge in [0.2, 0.25) is 0 Å². The molecule has 0 bridgehead atoms. The van der Waals surface area contributed by atoms with Crippen LogP contribution >= 0.6 is 12.4 Å². The molecular formula is C12H17ClN2O5. The second kappa shape index (κ2) is 9.99. The fraction of sp³-hybridized carbons (Fsp3) is 0.417. The van der Waals surface area contributed by atoms with Crippen LogP contribution in [0, 0.1) is 10.1 Å². The lowest BCUT2D eigenvalue weighted by Gasteiger charge is -2.11. The van der Waals surface area contributed by atoms with Crippen LogP contribution in [-0.4, -0.2) is 30.3 Å². The average molecular weight is 305 g/mol. The number of rotatable bonds is 8. The summed E-state index contributed by atoms with van der Waals surface area (Å²) in [4.78, 5) is 25.5. The van der Waals surface area contributed by atoms with Crippen molar-refractivity contribution >= 4 is 18.4 Å². The number of nitrogens with two attached hydrogens (primary N) is 1. The third kappa shape index (κ3) is 7.55. The van der Waals surface area contributed by atoms with Gasteiger partial charge in [-0.25, -0.2) is 0 Å². The predicted molar refractivity (Wildman–Crippen MR) is 73.9 cm³/mol. The van der Waals surface area contributed by atoms with Crippen molar-refractivity contribution in [3.8, 4) is 0 Å². The van der Waals surface area contributed by atoms with Crippen LogP contribution in [0.1, 0.15) is 12.0 Å². The highest BCUT2D eigenvalue weighted by Gasteiger charge is 2.15. The van der Waals surface area contributed by atoms with Crippen LogP contribution in [0.2, 0.25) is 0 Å². The van der Waals surface area contributed by atoms with E-state index in [-0.39, 0.29) is 32.0 Å². The number of carbonyl (C=O) groups is 1. The van der Waals surface area contributed by atoms with Gasteiger partial charge in [-0.3, -0.25) is 4.79 Å². The molecule has 0 amide bonds. The smallest absolute Gasteiger partial charge is 0.323 e. The molecule has 1 aromatic rings. The fourth-order valence-corrected chi connectivity index (χ4v) is 1.43. The van der Waals surface area contributed by atoms with Crippen molar-refractivity contribution in [1.82, 2.24) is 0 Å². The van der Waals surface area contributed by atoms with Gasteiger partial charge in [-0.2, -0.15) is 0 Å². The molecule has 1 aromatic carbocycles. The van der Waals surface area contributed by atoms with Crippen LogP contribution in [-0.2, 0) is 20.8 Å². The molecule has 112 valence electrons. The molecule has 0 radical (unpaired) electrons. The molecule has 0 spiro atoms. The zero-order chi connectivity index (χ0) is 14.1. The first-order chi connectivity index (χ1) is 9.09. The molecule has 0 heterocycles. The lowest BCUT2D eigenvalue weighted by molar-refractivity contribution is -0.757. The Hall–Kier alpha value is -1.86. The summed E-state index contributed by atoms with van der Waals surface area (Å²) in [6.07, 6.45) is 0.649. The number of hydrogen-bond acceptors (Lipinski definition) is 6. The number of hydrogen-bond donors (Lipinski definition) is 1. The van der Waals surface area contributed by atoms with E-state index in [1.807, 2.05) is 30.3 Å². The molecule has 7 nitrogen and oxygen atoms in total. The third-order valence-corrected chi connectivity index (χ3v) is 2.33. The van der Waals surface area contributed by atoms with Gasteiger partial charge >= 0.3 is 5.97 Å². The summed E-state index contributed by atoms with van der Waals surface area (Å²) in [7, 11) is 0. The monoisotopic (exact) mass is 304 g/mol. The fourth-order valence-electron chi connectivity index (χ4n) is 1.43. The van der Waals surface area contributed by atoms with Gasteiger partial charge in [-0.1, -0.05) is 30.3 Å². The van der Waals surface area contributed by atoms with E-state index in [0.717, 1.165) is 5.56 Å². The first-order valence-electron chi connectivity index (χ1n) is 5.83.